The lowest BCUT2D eigenvalue weighted by Gasteiger charge is -2.28. The van der Waals surface area contributed by atoms with Gasteiger partial charge in [-0.25, -0.2) is 0 Å². The third-order valence-corrected chi connectivity index (χ3v) is 4.75. The molecule has 1 saturated carbocycles. The molecular weight excluding hydrogens is 274 g/mol. The van der Waals surface area contributed by atoms with Crippen LogP contribution >= 0.6 is 11.6 Å². The van der Waals surface area contributed by atoms with E-state index in [-0.39, 0.29) is 6.79 Å². The minimum Gasteiger partial charge on any atom is -0.454 e. The molecule has 0 spiro atoms. The number of ether oxygens (including phenoxy) is 2. The zero-order chi connectivity index (χ0) is 13.9. The number of hydrogen-bond donors (Lipinski definition) is 1. The lowest BCUT2D eigenvalue weighted by Crippen LogP contribution is -2.34. The molecule has 110 valence electrons. The summed E-state index contributed by atoms with van der Waals surface area (Å²) in [5, 5.41) is 4.27. The van der Waals surface area contributed by atoms with E-state index >= 15 is 0 Å². The van der Waals surface area contributed by atoms with Gasteiger partial charge in [-0.1, -0.05) is 30.9 Å². The zero-order valence-corrected chi connectivity index (χ0v) is 12.7. The second kappa shape index (κ2) is 6.23. The van der Waals surface area contributed by atoms with Crippen LogP contribution in [-0.2, 0) is 6.54 Å². The van der Waals surface area contributed by atoms with Crippen molar-refractivity contribution in [1.29, 1.82) is 0 Å². The van der Waals surface area contributed by atoms with Crippen LogP contribution < -0.4 is 14.8 Å². The van der Waals surface area contributed by atoms with Crippen molar-refractivity contribution in [3.8, 4) is 11.5 Å². The van der Waals surface area contributed by atoms with Gasteiger partial charge >= 0.3 is 0 Å². The largest absolute Gasteiger partial charge is 0.454 e. The summed E-state index contributed by atoms with van der Waals surface area (Å²) in [5.74, 6) is 2.25. The van der Waals surface area contributed by atoms with Gasteiger partial charge in [0.1, 0.15) is 0 Å². The van der Waals surface area contributed by atoms with Gasteiger partial charge in [-0.2, -0.15) is 0 Å². The molecule has 1 N–H and O–H groups in total. The van der Waals surface area contributed by atoms with E-state index in [1.165, 1.54) is 32.1 Å². The van der Waals surface area contributed by atoms with Crippen molar-refractivity contribution >= 4 is 11.6 Å². The Balaban J connectivity index is 1.59. The molecule has 0 aromatic heterocycles. The van der Waals surface area contributed by atoms with Gasteiger partial charge < -0.3 is 14.8 Å². The molecule has 0 amide bonds. The first kappa shape index (κ1) is 14.0. The monoisotopic (exact) mass is 295 g/mol. The fourth-order valence-electron chi connectivity index (χ4n) is 3.20. The molecule has 0 bridgehead atoms. The van der Waals surface area contributed by atoms with Gasteiger partial charge in [-0.3, -0.25) is 0 Å². The summed E-state index contributed by atoms with van der Waals surface area (Å²) < 4.78 is 10.7. The quantitative estimate of drug-likeness (QED) is 0.906. The minimum atomic E-state index is 0.268. The van der Waals surface area contributed by atoms with E-state index in [2.05, 4.69) is 12.2 Å². The predicted octanol–water partition coefficient (Wildman–Crippen LogP) is 4.13. The lowest BCUT2D eigenvalue weighted by molar-refractivity contribution is 0.174. The molecule has 1 aliphatic carbocycles. The van der Waals surface area contributed by atoms with Gasteiger partial charge in [-0.15, -0.1) is 0 Å². The Morgan fingerprint density at radius 3 is 2.85 bits per heavy atom. The SMILES string of the molecule is CC(NCc1cc(Cl)c2c(c1)OCO2)C1CCCCC1. The summed E-state index contributed by atoms with van der Waals surface area (Å²) in [6, 6.07) is 4.55. The maximum atomic E-state index is 6.21. The number of nitrogens with one attached hydrogen (secondary N) is 1. The Kier molecular flexibility index (Phi) is 4.37. The Hall–Kier alpha value is -0.930. The fourth-order valence-corrected chi connectivity index (χ4v) is 3.49. The molecule has 0 radical (unpaired) electrons. The average molecular weight is 296 g/mol. The van der Waals surface area contributed by atoms with Gasteiger partial charge in [0.25, 0.3) is 0 Å². The van der Waals surface area contributed by atoms with E-state index in [0.717, 1.165) is 23.8 Å². The molecular formula is C16H22ClNO2. The molecule has 1 aromatic carbocycles. The molecule has 20 heavy (non-hydrogen) atoms. The Labute approximate surface area is 125 Å². The summed E-state index contributed by atoms with van der Waals surface area (Å²) in [4.78, 5) is 0. The Bertz CT molecular complexity index is 472. The molecule has 3 rings (SSSR count). The van der Waals surface area contributed by atoms with Crippen LogP contribution in [-0.4, -0.2) is 12.8 Å². The highest BCUT2D eigenvalue weighted by atomic mass is 35.5. The van der Waals surface area contributed by atoms with Crippen molar-refractivity contribution in [2.75, 3.05) is 6.79 Å². The van der Waals surface area contributed by atoms with Crippen LogP contribution in [0.2, 0.25) is 5.02 Å². The lowest BCUT2D eigenvalue weighted by atomic mass is 9.84. The first-order valence-electron chi connectivity index (χ1n) is 7.55. The molecule has 1 fully saturated rings. The standard InChI is InChI=1S/C16H22ClNO2/c1-11(13-5-3-2-4-6-13)18-9-12-7-14(17)16-15(8-12)19-10-20-16/h7-8,11,13,18H,2-6,9-10H2,1H3. The average Bonchev–Trinajstić information content (AvgIpc) is 2.94. The number of rotatable bonds is 4. The summed E-state index contributed by atoms with van der Waals surface area (Å²) in [5.41, 5.74) is 1.15. The molecule has 1 unspecified atom stereocenters. The van der Waals surface area contributed by atoms with Crippen LogP contribution in [0.25, 0.3) is 0 Å². The van der Waals surface area contributed by atoms with Gasteiger partial charge in [-0.05, 0) is 43.4 Å². The number of fused-ring (bicyclic) bond motifs is 1. The zero-order valence-electron chi connectivity index (χ0n) is 12.0. The van der Waals surface area contributed by atoms with Crippen LogP contribution in [0.3, 0.4) is 0 Å². The van der Waals surface area contributed by atoms with Crippen molar-refractivity contribution in [1.82, 2.24) is 5.32 Å². The Morgan fingerprint density at radius 2 is 2.05 bits per heavy atom. The van der Waals surface area contributed by atoms with Gasteiger partial charge in [0.05, 0.1) is 5.02 Å². The van der Waals surface area contributed by atoms with Crippen molar-refractivity contribution in [2.45, 2.75) is 51.6 Å². The van der Waals surface area contributed by atoms with E-state index in [1.807, 2.05) is 12.1 Å². The second-order valence-corrected chi connectivity index (χ2v) is 6.29. The molecule has 0 saturated heterocycles. The van der Waals surface area contributed by atoms with Crippen molar-refractivity contribution in [2.24, 2.45) is 5.92 Å². The maximum absolute atomic E-state index is 6.21. The summed E-state index contributed by atoms with van der Waals surface area (Å²) in [7, 11) is 0. The molecule has 2 aliphatic rings. The van der Waals surface area contributed by atoms with Gasteiger partial charge in [0.2, 0.25) is 6.79 Å². The first-order chi connectivity index (χ1) is 9.74. The summed E-state index contributed by atoms with van der Waals surface area (Å²) in [6.45, 7) is 3.39. The third-order valence-electron chi connectivity index (χ3n) is 4.47. The number of hydrogen-bond acceptors (Lipinski definition) is 3. The molecule has 1 heterocycles. The smallest absolute Gasteiger partial charge is 0.231 e. The van der Waals surface area contributed by atoms with Crippen LogP contribution in [0.5, 0.6) is 11.5 Å². The van der Waals surface area contributed by atoms with Crippen LogP contribution in [0.4, 0.5) is 0 Å². The molecule has 1 aromatic rings. The van der Waals surface area contributed by atoms with Crippen LogP contribution in [0.15, 0.2) is 12.1 Å². The number of benzene rings is 1. The first-order valence-corrected chi connectivity index (χ1v) is 7.93. The topological polar surface area (TPSA) is 30.5 Å². The van der Waals surface area contributed by atoms with Crippen molar-refractivity contribution in [3.05, 3.63) is 22.7 Å². The molecule has 4 heteroatoms. The Morgan fingerprint density at radius 1 is 1.25 bits per heavy atom. The fraction of sp³-hybridized carbons (Fsp3) is 0.625. The van der Waals surface area contributed by atoms with Gasteiger partial charge in [0, 0.05) is 12.6 Å². The normalized spacial score (nSPS) is 20.1. The highest BCUT2D eigenvalue weighted by Crippen LogP contribution is 2.39. The van der Waals surface area contributed by atoms with E-state index in [1.54, 1.807) is 0 Å². The predicted molar refractivity (Wildman–Crippen MR) is 80.5 cm³/mol. The van der Waals surface area contributed by atoms with E-state index < -0.39 is 0 Å². The highest BCUT2D eigenvalue weighted by Gasteiger charge is 2.21. The van der Waals surface area contributed by atoms with E-state index in [0.29, 0.717) is 16.8 Å². The third kappa shape index (κ3) is 3.04. The summed E-state index contributed by atoms with van der Waals surface area (Å²) in [6.07, 6.45) is 6.88. The molecule has 1 atom stereocenters. The van der Waals surface area contributed by atoms with E-state index in [9.17, 15) is 0 Å². The van der Waals surface area contributed by atoms with Crippen LogP contribution in [0.1, 0.15) is 44.6 Å². The molecule has 1 aliphatic heterocycles. The summed E-state index contributed by atoms with van der Waals surface area (Å²) >= 11 is 6.21. The minimum absolute atomic E-state index is 0.268. The number of halogens is 1. The van der Waals surface area contributed by atoms with Crippen LogP contribution in [0, 0.1) is 5.92 Å². The highest BCUT2D eigenvalue weighted by molar-refractivity contribution is 6.32. The second-order valence-electron chi connectivity index (χ2n) is 5.88. The van der Waals surface area contributed by atoms with Crippen molar-refractivity contribution in [3.63, 3.8) is 0 Å². The maximum Gasteiger partial charge on any atom is 0.231 e. The van der Waals surface area contributed by atoms with E-state index in [4.69, 9.17) is 21.1 Å². The molecule has 3 nitrogen and oxygen atoms in total. The van der Waals surface area contributed by atoms with Crippen molar-refractivity contribution < 1.29 is 9.47 Å². The van der Waals surface area contributed by atoms with Gasteiger partial charge in [0.15, 0.2) is 11.5 Å².